The Morgan fingerprint density at radius 1 is 0.810 bits per heavy atom. The fraction of sp³-hybridized carbons (Fsp3) is 0.875. The number of aliphatic hydroxyl groups is 7. The summed E-state index contributed by atoms with van der Waals surface area (Å²) in [6, 6.07) is -3.21. The Balaban J connectivity index is 1.57. The van der Waals surface area contributed by atoms with E-state index in [1.54, 1.807) is 0 Å². The maximum absolute atomic E-state index is 12.1. The molecule has 15 atom stereocenters. The zero-order valence-electron chi connectivity index (χ0n) is 23.2. The van der Waals surface area contributed by atoms with Gasteiger partial charge >= 0.3 is 0 Å². The van der Waals surface area contributed by atoms with Gasteiger partial charge in [0.25, 0.3) is 6.02 Å². The molecule has 42 heavy (non-hydrogen) atoms. The fourth-order valence-corrected chi connectivity index (χ4v) is 5.88. The van der Waals surface area contributed by atoms with E-state index in [1.165, 1.54) is 14.0 Å². The van der Waals surface area contributed by atoms with Gasteiger partial charge in [0.1, 0.15) is 60.9 Å². The number of aliphatic hydroxyl groups excluding tert-OH is 7. The zero-order valence-corrected chi connectivity index (χ0v) is 23.2. The molecule has 3 aliphatic heterocycles. The van der Waals surface area contributed by atoms with Gasteiger partial charge in [-0.25, -0.2) is 4.99 Å². The van der Waals surface area contributed by atoms with Crippen LogP contribution >= 0.6 is 0 Å². The van der Waals surface area contributed by atoms with Gasteiger partial charge in [-0.15, -0.1) is 0 Å². The summed E-state index contributed by atoms with van der Waals surface area (Å²) in [4.78, 5) is 27.8. The number of amidine groups is 1. The predicted octanol–water partition coefficient (Wildman–Crippen LogP) is -6.39. The molecule has 0 aromatic heterocycles. The highest BCUT2D eigenvalue weighted by molar-refractivity contribution is 5.76. The van der Waals surface area contributed by atoms with Crippen LogP contribution < -0.4 is 16.0 Å². The monoisotopic (exact) mass is 608 g/mol. The lowest BCUT2D eigenvalue weighted by Crippen LogP contribution is -2.69. The molecule has 18 heteroatoms. The molecule has 0 aromatic carbocycles. The number of amides is 2. The van der Waals surface area contributed by atoms with Crippen molar-refractivity contribution < 1.29 is 69.0 Å². The van der Waals surface area contributed by atoms with Gasteiger partial charge in [0.05, 0.1) is 37.9 Å². The Kier molecular flexibility index (Phi) is 10.6. The van der Waals surface area contributed by atoms with E-state index >= 15 is 0 Å². The summed E-state index contributed by atoms with van der Waals surface area (Å²) in [6.07, 6.45) is -15.1. The maximum Gasteiger partial charge on any atom is 0.285 e. The molecule has 2 amide bonds. The molecular weight excluding hydrogens is 568 g/mol. The van der Waals surface area contributed by atoms with Crippen LogP contribution in [0.2, 0.25) is 0 Å². The molecular formula is C24H40N4O14. The number of nitrogens with one attached hydrogen (secondary N) is 3. The normalized spacial score (nSPS) is 46.0. The standard InChI is InChI=1S/C24H40N4O14/c1-7(32)26-13-16(35)15(34)10(5-30)38-22(13)41-21-11(6-31)39-23(14(18(21)37)27-8(2)33)40-20-9(4-29)19-12(17(20)36)28-24(25-3)42-19/h9-23,29-31,34-37H,4-6H2,1-3H3,(H,25,28)(H,26,32)(H,27,33)/t9-,10+,11+,12?,13+,14+,15+,16-,17+,18-,19?,20+,21+,22-,23-/m0/s1. The second-order valence-electron chi connectivity index (χ2n) is 10.7. The van der Waals surface area contributed by atoms with Crippen molar-refractivity contribution in [3.05, 3.63) is 0 Å². The van der Waals surface area contributed by atoms with Gasteiger partial charge in [0.15, 0.2) is 12.6 Å². The Morgan fingerprint density at radius 3 is 1.88 bits per heavy atom. The molecule has 1 saturated carbocycles. The quantitative estimate of drug-likeness (QED) is 0.117. The Bertz CT molecular complexity index is 991. The van der Waals surface area contributed by atoms with E-state index in [9.17, 15) is 45.3 Å². The van der Waals surface area contributed by atoms with E-state index < -0.39 is 123 Å². The van der Waals surface area contributed by atoms with Gasteiger partial charge in [0.2, 0.25) is 11.8 Å². The van der Waals surface area contributed by atoms with Crippen LogP contribution in [-0.4, -0.2) is 166 Å². The number of rotatable bonds is 9. The number of nitrogens with zero attached hydrogens (tertiary/aromatic N) is 1. The van der Waals surface area contributed by atoms with Gasteiger partial charge in [-0.1, -0.05) is 0 Å². The highest BCUT2D eigenvalue weighted by Crippen LogP contribution is 2.38. The second-order valence-corrected chi connectivity index (χ2v) is 10.7. The maximum atomic E-state index is 12.1. The lowest BCUT2D eigenvalue weighted by Gasteiger charge is -2.48. The van der Waals surface area contributed by atoms with Crippen LogP contribution in [0.15, 0.2) is 4.99 Å². The first kappa shape index (κ1) is 32.7. The SMILES string of the molecule is CN=C1NC2C(O1)[C@H](CO)[C@@H](O[C@@H]1O[C@H](CO)[C@@H](O[C@@H]3O[C@H](CO)[C@@H](O)[C@@H](O)[C@H]3NC(C)=O)[C@@H](O)[C@H]1NC(C)=O)[C@@H]2O. The summed E-state index contributed by atoms with van der Waals surface area (Å²) in [5.74, 6) is -1.98. The van der Waals surface area contributed by atoms with Gasteiger partial charge in [0, 0.05) is 20.9 Å². The third kappa shape index (κ3) is 6.34. The number of fused-ring (bicyclic) bond motifs is 1. The van der Waals surface area contributed by atoms with Gasteiger partial charge in [-0.3, -0.25) is 9.59 Å². The van der Waals surface area contributed by atoms with Gasteiger partial charge in [-0.2, -0.15) is 0 Å². The van der Waals surface area contributed by atoms with E-state index in [-0.39, 0.29) is 6.02 Å². The Labute approximate surface area is 240 Å². The molecule has 18 nitrogen and oxygen atoms in total. The molecule has 2 unspecified atom stereocenters. The van der Waals surface area contributed by atoms with Crippen LogP contribution in [0, 0.1) is 5.92 Å². The van der Waals surface area contributed by atoms with Crippen molar-refractivity contribution in [2.24, 2.45) is 10.9 Å². The van der Waals surface area contributed by atoms with Crippen molar-refractivity contribution in [3.8, 4) is 0 Å². The van der Waals surface area contributed by atoms with Crippen LogP contribution in [0.1, 0.15) is 13.8 Å². The first-order valence-electron chi connectivity index (χ1n) is 13.6. The number of carbonyl (C=O) groups excluding carboxylic acids is 2. The molecule has 3 heterocycles. The third-order valence-electron chi connectivity index (χ3n) is 7.91. The smallest absolute Gasteiger partial charge is 0.285 e. The summed E-state index contributed by atoms with van der Waals surface area (Å²) in [5, 5.41) is 81.0. The average Bonchev–Trinajstić information content (AvgIpc) is 3.48. The van der Waals surface area contributed by atoms with E-state index in [4.69, 9.17) is 23.7 Å². The number of carbonyl (C=O) groups is 2. The topological polar surface area (TPSA) is 270 Å². The van der Waals surface area contributed by atoms with Crippen LogP contribution in [0.3, 0.4) is 0 Å². The molecule has 4 fully saturated rings. The number of aliphatic imine (C=N–C) groups is 1. The van der Waals surface area contributed by atoms with Crippen molar-refractivity contribution in [1.29, 1.82) is 0 Å². The lowest BCUT2D eigenvalue weighted by atomic mass is 9.94. The van der Waals surface area contributed by atoms with E-state index in [1.807, 2.05) is 0 Å². The summed E-state index contributed by atoms with van der Waals surface area (Å²) in [7, 11) is 1.49. The molecule has 0 aromatic rings. The first-order valence-corrected chi connectivity index (χ1v) is 13.6. The van der Waals surface area contributed by atoms with E-state index in [2.05, 4.69) is 20.9 Å². The summed E-state index contributed by atoms with van der Waals surface area (Å²) >= 11 is 0. The molecule has 4 aliphatic rings. The third-order valence-corrected chi connectivity index (χ3v) is 7.91. The number of hydrogen-bond acceptors (Lipinski definition) is 15. The minimum atomic E-state index is -1.67. The first-order chi connectivity index (χ1) is 19.9. The molecule has 1 aliphatic carbocycles. The van der Waals surface area contributed by atoms with Crippen LogP contribution in [-0.2, 0) is 33.3 Å². The van der Waals surface area contributed by atoms with Crippen molar-refractivity contribution in [2.45, 2.75) is 99.5 Å². The highest BCUT2D eigenvalue weighted by atomic mass is 16.7. The highest BCUT2D eigenvalue weighted by Gasteiger charge is 2.59. The molecule has 0 spiro atoms. The fourth-order valence-electron chi connectivity index (χ4n) is 5.88. The molecule has 4 rings (SSSR count). The average molecular weight is 609 g/mol. The van der Waals surface area contributed by atoms with Gasteiger partial charge in [-0.05, 0) is 0 Å². The minimum absolute atomic E-state index is 0.185. The van der Waals surface area contributed by atoms with Crippen molar-refractivity contribution in [2.75, 3.05) is 26.9 Å². The molecule has 0 radical (unpaired) electrons. The zero-order chi connectivity index (χ0) is 30.9. The molecule has 10 N–H and O–H groups in total. The largest absolute Gasteiger partial charge is 0.459 e. The Morgan fingerprint density at radius 2 is 1.36 bits per heavy atom. The summed E-state index contributed by atoms with van der Waals surface area (Å²) in [6.45, 7) is 0.404. The number of ether oxygens (including phenoxy) is 5. The minimum Gasteiger partial charge on any atom is -0.459 e. The van der Waals surface area contributed by atoms with Crippen molar-refractivity contribution in [3.63, 3.8) is 0 Å². The molecule has 240 valence electrons. The lowest BCUT2D eigenvalue weighted by molar-refractivity contribution is -0.339. The molecule has 0 bridgehead atoms. The van der Waals surface area contributed by atoms with Gasteiger partial charge < -0.3 is 75.4 Å². The predicted molar refractivity (Wildman–Crippen MR) is 136 cm³/mol. The van der Waals surface area contributed by atoms with E-state index in [0.717, 1.165) is 6.92 Å². The van der Waals surface area contributed by atoms with Crippen molar-refractivity contribution >= 4 is 17.8 Å². The number of hydrogen-bond donors (Lipinski definition) is 10. The van der Waals surface area contributed by atoms with Crippen molar-refractivity contribution in [1.82, 2.24) is 16.0 Å². The second kappa shape index (κ2) is 13.6. The summed E-state index contributed by atoms with van der Waals surface area (Å²) < 4.78 is 29.1. The van der Waals surface area contributed by atoms with Crippen LogP contribution in [0.5, 0.6) is 0 Å². The van der Waals surface area contributed by atoms with Crippen LogP contribution in [0.4, 0.5) is 0 Å². The molecule has 3 saturated heterocycles. The van der Waals surface area contributed by atoms with E-state index in [0.29, 0.717) is 0 Å². The summed E-state index contributed by atoms with van der Waals surface area (Å²) in [5.41, 5.74) is 0. The van der Waals surface area contributed by atoms with Crippen LogP contribution in [0.25, 0.3) is 0 Å². The Hall–Kier alpha value is -2.23.